The van der Waals surface area contributed by atoms with E-state index in [0.717, 1.165) is 50.5 Å². The molecular weight excluding hydrogens is 354 g/mol. The Labute approximate surface area is 166 Å². The summed E-state index contributed by atoms with van der Waals surface area (Å²) in [4.78, 5) is 18.5. The summed E-state index contributed by atoms with van der Waals surface area (Å²) < 4.78 is 6.99. The number of nitrogens with one attached hydrogen (secondary N) is 1. The quantitative estimate of drug-likeness (QED) is 0.471. The van der Waals surface area contributed by atoms with Crippen molar-refractivity contribution < 1.29 is 9.53 Å². The Balaban J connectivity index is 1.44. The monoisotopic (exact) mass is 383 g/mol. The van der Waals surface area contributed by atoms with Gasteiger partial charge in [0.15, 0.2) is 5.96 Å². The molecule has 0 atom stereocenters. The molecule has 1 saturated heterocycles. The lowest BCUT2D eigenvalue weighted by molar-refractivity contribution is -0.149. The lowest BCUT2D eigenvalue weighted by atomic mass is 9.97. The number of likely N-dealkylation sites (tertiary alicyclic amines) is 1. The predicted molar refractivity (Wildman–Crippen MR) is 110 cm³/mol. The maximum absolute atomic E-state index is 11.9. The van der Waals surface area contributed by atoms with Crippen LogP contribution in [0, 0.1) is 5.92 Å². The molecule has 28 heavy (non-hydrogen) atoms. The van der Waals surface area contributed by atoms with Crippen LogP contribution < -0.4 is 5.32 Å². The van der Waals surface area contributed by atoms with Crippen molar-refractivity contribution in [3.63, 3.8) is 0 Å². The van der Waals surface area contributed by atoms with Gasteiger partial charge in [-0.15, -0.1) is 0 Å². The van der Waals surface area contributed by atoms with Gasteiger partial charge in [0, 0.05) is 39.1 Å². The van der Waals surface area contributed by atoms with Gasteiger partial charge >= 0.3 is 5.97 Å². The fraction of sp³-hybridized carbons (Fsp3) is 0.476. The Kier molecular flexibility index (Phi) is 7.06. The van der Waals surface area contributed by atoms with Gasteiger partial charge in [0.1, 0.15) is 0 Å². The Morgan fingerprint density at radius 2 is 2.04 bits per heavy atom. The topological polar surface area (TPSA) is 71.8 Å². The smallest absolute Gasteiger partial charge is 0.309 e. The first-order chi connectivity index (χ1) is 13.7. The fourth-order valence-corrected chi connectivity index (χ4v) is 3.47. The molecule has 0 bridgehead atoms. The SMILES string of the molecule is CCOC(=O)C1CCN(C(=NC)NCCc2ccc(-n3cccn3)cc2)CC1. The van der Waals surface area contributed by atoms with Crippen LogP contribution in [0.1, 0.15) is 25.3 Å². The minimum Gasteiger partial charge on any atom is -0.466 e. The molecular formula is C21H29N5O2. The summed E-state index contributed by atoms with van der Waals surface area (Å²) in [6, 6.07) is 10.3. The van der Waals surface area contributed by atoms with E-state index in [9.17, 15) is 4.79 Å². The Morgan fingerprint density at radius 1 is 1.29 bits per heavy atom. The number of ether oxygens (including phenoxy) is 1. The summed E-state index contributed by atoms with van der Waals surface area (Å²) in [5.74, 6) is 0.849. The van der Waals surface area contributed by atoms with E-state index >= 15 is 0 Å². The molecule has 3 rings (SSSR count). The highest BCUT2D eigenvalue weighted by Gasteiger charge is 2.27. The molecule has 0 spiro atoms. The van der Waals surface area contributed by atoms with Gasteiger partial charge < -0.3 is 15.0 Å². The Bertz CT molecular complexity index is 763. The second-order valence-corrected chi connectivity index (χ2v) is 6.85. The van der Waals surface area contributed by atoms with Crippen LogP contribution in [0.4, 0.5) is 0 Å². The van der Waals surface area contributed by atoms with Crippen molar-refractivity contribution in [2.45, 2.75) is 26.2 Å². The van der Waals surface area contributed by atoms with Crippen LogP contribution in [0.3, 0.4) is 0 Å². The van der Waals surface area contributed by atoms with Crippen LogP contribution in [0.25, 0.3) is 5.69 Å². The third-order valence-corrected chi connectivity index (χ3v) is 5.03. The first-order valence-corrected chi connectivity index (χ1v) is 9.92. The maximum atomic E-state index is 11.9. The van der Waals surface area contributed by atoms with E-state index in [2.05, 4.69) is 44.6 Å². The van der Waals surface area contributed by atoms with Crippen LogP contribution in [0.2, 0.25) is 0 Å². The number of nitrogens with zero attached hydrogens (tertiary/aromatic N) is 4. The normalized spacial score (nSPS) is 15.5. The van der Waals surface area contributed by atoms with E-state index < -0.39 is 0 Å². The lowest BCUT2D eigenvalue weighted by Crippen LogP contribution is -2.47. The molecule has 0 amide bonds. The summed E-state index contributed by atoms with van der Waals surface area (Å²) in [5.41, 5.74) is 2.32. The molecule has 1 fully saturated rings. The average Bonchev–Trinajstić information content (AvgIpc) is 3.27. The van der Waals surface area contributed by atoms with Crippen LogP contribution in [-0.4, -0.2) is 59.9 Å². The highest BCUT2D eigenvalue weighted by Crippen LogP contribution is 2.18. The van der Waals surface area contributed by atoms with E-state index in [1.165, 1.54) is 5.56 Å². The zero-order chi connectivity index (χ0) is 19.8. The molecule has 1 aromatic heterocycles. The van der Waals surface area contributed by atoms with E-state index in [-0.39, 0.29) is 11.9 Å². The van der Waals surface area contributed by atoms with Gasteiger partial charge in [-0.25, -0.2) is 4.68 Å². The summed E-state index contributed by atoms with van der Waals surface area (Å²) in [7, 11) is 1.80. The molecule has 0 unspecified atom stereocenters. The summed E-state index contributed by atoms with van der Waals surface area (Å²) >= 11 is 0. The van der Waals surface area contributed by atoms with E-state index in [1.54, 1.807) is 13.2 Å². The number of benzene rings is 1. The van der Waals surface area contributed by atoms with Crippen molar-refractivity contribution in [3.05, 3.63) is 48.3 Å². The molecule has 0 saturated carbocycles. The molecule has 1 aromatic carbocycles. The molecule has 0 aliphatic carbocycles. The van der Waals surface area contributed by atoms with Crippen molar-refractivity contribution in [2.24, 2.45) is 10.9 Å². The van der Waals surface area contributed by atoms with Gasteiger partial charge in [-0.05, 0) is 49.9 Å². The van der Waals surface area contributed by atoms with Gasteiger partial charge in [0.2, 0.25) is 0 Å². The zero-order valence-corrected chi connectivity index (χ0v) is 16.7. The molecule has 1 aliphatic rings. The van der Waals surface area contributed by atoms with Crippen LogP contribution in [0.5, 0.6) is 0 Å². The number of guanidine groups is 1. The number of piperidine rings is 1. The number of hydrogen-bond acceptors (Lipinski definition) is 4. The molecule has 1 N–H and O–H groups in total. The average molecular weight is 383 g/mol. The standard InChI is InChI=1S/C21H29N5O2/c1-3-28-20(27)18-10-15-25(16-11-18)21(22-2)23-13-9-17-5-7-19(8-6-17)26-14-4-12-24-26/h4-8,12,14,18H,3,9-11,13,15-16H2,1-2H3,(H,22,23). The van der Waals surface area contributed by atoms with Crippen LogP contribution in [0.15, 0.2) is 47.7 Å². The third-order valence-electron chi connectivity index (χ3n) is 5.03. The minimum atomic E-state index is -0.0661. The second-order valence-electron chi connectivity index (χ2n) is 6.85. The zero-order valence-electron chi connectivity index (χ0n) is 16.7. The van der Waals surface area contributed by atoms with Crippen molar-refractivity contribution >= 4 is 11.9 Å². The molecule has 7 heteroatoms. The highest BCUT2D eigenvalue weighted by atomic mass is 16.5. The largest absolute Gasteiger partial charge is 0.466 e. The lowest BCUT2D eigenvalue weighted by Gasteiger charge is -2.33. The number of hydrogen-bond donors (Lipinski definition) is 1. The maximum Gasteiger partial charge on any atom is 0.309 e. The Hall–Kier alpha value is -2.83. The van der Waals surface area contributed by atoms with Crippen LogP contribution >= 0.6 is 0 Å². The van der Waals surface area contributed by atoms with Crippen molar-refractivity contribution in [2.75, 3.05) is 33.3 Å². The summed E-state index contributed by atoms with van der Waals surface area (Å²) in [6.07, 6.45) is 6.26. The van der Waals surface area contributed by atoms with Crippen molar-refractivity contribution in [1.82, 2.24) is 20.0 Å². The van der Waals surface area contributed by atoms with Crippen molar-refractivity contribution in [1.29, 1.82) is 0 Å². The molecule has 0 radical (unpaired) electrons. The first-order valence-electron chi connectivity index (χ1n) is 9.92. The van der Waals surface area contributed by atoms with Gasteiger partial charge in [-0.2, -0.15) is 5.10 Å². The highest BCUT2D eigenvalue weighted by molar-refractivity contribution is 5.80. The molecule has 1 aliphatic heterocycles. The van der Waals surface area contributed by atoms with E-state index in [1.807, 2.05) is 23.9 Å². The second kappa shape index (κ2) is 9.92. The van der Waals surface area contributed by atoms with Gasteiger partial charge in [-0.1, -0.05) is 12.1 Å². The number of rotatable bonds is 6. The molecule has 150 valence electrons. The van der Waals surface area contributed by atoms with Gasteiger partial charge in [0.25, 0.3) is 0 Å². The number of carbonyl (C=O) groups is 1. The van der Waals surface area contributed by atoms with E-state index in [0.29, 0.717) is 6.61 Å². The number of aromatic nitrogens is 2. The Morgan fingerprint density at radius 3 is 2.64 bits per heavy atom. The van der Waals surface area contributed by atoms with Gasteiger partial charge in [0.05, 0.1) is 18.2 Å². The number of aliphatic imine (C=N–C) groups is 1. The number of esters is 1. The van der Waals surface area contributed by atoms with Crippen LogP contribution in [-0.2, 0) is 16.0 Å². The summed E-state index contributed by atoms with van der Waals surface area (Å²) in [6.45, 7) is 4.75. The molecule has 2 aromatic rings. The van der Waals surface area contributed by atoms with E-state index in [4.69, 9.17) is 4.74 Å². The van der Waals surface area contributed by atoms with Gasteiger partial charge in [-0.3, -0.25) is 9.79 Å². The van der Waals surface area contributed by atoms with Crippen molar-refractivity contribution in [3.8, 4) is 5.69 Å². The summed E-state index contributed by atoms with van der Waals surface area (Å²) in [5, 5.41) is 7.69. The minimum absolute atomic E-state index is 0.0163. The molecule has 2 heterocycles. The number of carbonyl (C=O) groups excluding carboxylic acids is 1. The third kappa shape index (κ3) is 5.12. The molecule has 7 nitrogen and oxygen atoms in total. The first kappa shape index (κ1) is 19.9. The fourth-order valence-electron chi connectivity index (χ4n) is 3.47. The predicted octanol–water partition coefficient (Wildman–Crippen LogP) is 2.27.